The molecule has 1 aromatic rings. The van der Waals surface area contributed by atoms with Gasteiger partial charge in [-0.1, -0.05) is 0 Å². The van der Waals surface area contributed by atoms with E-state index >= 15 is 0 Å². The summed E-state index contributed by atoms with van der Waals surface area (Å²) < 4.78 is 1.16. The van der Waals surface area contributed by atoms with E-state index in [9.17, 15) is 4.79 Å². The number of hydrogen-bond donors (Lipinski definition) is 1. The summed E-state index contributed by atoms with van der Waals surface area (Å²) in [6, 6.07) is 2.13. The molecule has 0 spiro atoms. The van der Waals surface area contributed by atoms with E-state index in [1.54, 1.807) is 11.3 Å². The Labute approximate surface area is 96.1 Å². The van der Waals surface area contributed by atoms with Gasteiger partial charge in [-0.15, -0.1) is 11.3 Å². The summed E-state index contributed by atoms with van der Waals surface area (Å²) in [6.07, 6.45) is 2.99. The highest BCUT2D eigenvalue weighted by Crippen LogP contribution is 2.27. The van der Waals surface area contributed by atoms with Crippen LogP contribution in [-0.4, -0.2) is 11.1 Å². The lowest BCUT2D eigenvalue weighted by atomic mass is 10.1. The highest BCUT2D eigenvalue weighted by molar-refractivity contribution is 9.11. The zero-order valence-corrected chi connectivity index (χ0v) is 10.4. The van der Waals surface area contributed by atoms with Crippen LogP contribution in [0, 0.1) is 6.92 Å². The van der Waals surface area contributed by atoms with Gasteiger partial charge >= 0.3 is 5.97 Å². The van der Waals surface area contributed by atoms with Crippen molar-refractivity contribution >= 4 is 33.2 Å². The van der Waals surface area contributed by atoms with Gasteiger partial charge in [-0.2, -0.15) is 0 Å². The lowest BCUT2D eigenvalue weighted by Crippen LogP contribution is -1.94. The third kappa shape index (κ3) is 3.80. The van der Waals surface area contributed by atoms with Crippen LogP contribution in [0.4, 0.5) is 0 Å². The predicted octanol–water partition coefficient (Wildman–Crippen LogP) is 3.62. The smallest absolute Gasteiger partial charge is 0.303 e. The van der Waals surface area contributed by atoms with Crippen LogP contribution in [0.15, 0.2) is 9.85 Å². The highest BCUT2D eigenvalue weighted by atomic mass is 79.9. The molecule has 0 saturated carbocycles. The molecule has 1 N–H and O–H groups in total. The number of hydrogen-bond acceptors (Lipinski definition) is 2. The van der Waals surface area contributed by atoms with Crippen molar-refractivity contribution in [2.45, 2.75) is 32.6 Å². The van der Waals surface area contributed by atoms with E-state index in [1.165, 1.54) is 10.4 Å². The molecule has 14 heavy (non-hydrogen) atoms. The second-order valence-corrected chi connectivity index (χ2v) is 5.87. The molecule has 0 fully saturated rings. The molecular formula is C10H13BrO2S. The van der Waals surface area contributed by atoms with Gasteiger partial charge in [-0.05, 0) is 53.7 Å². The van der Waals surface area contributed by atoms with Crippen molar-refractivity contribution in [2.24, 2.45) is 0 Å². The summed E-state index contributed by atoms with van der Waals surface area (Å²) in [7, 11) is 0. The van der Waals surface area contributed by atoms with E-state index < -0.39 is 5.97 Å². The molecule has 78 valence electrons. The number of thiophene rings is 1. The minimum Gasteiger partial charge on any atom is -0.481 e. The number of unbranched alkanes of at least 4 members (excludes halogenated alkanes) is 1. The monoisotopic (exact) mass is 276 g/mol. The van der Waals surface area contributed by atoms with Gasteiger partial charge in [-0.25, -0.2) is 0 Å². The van der Waals surface area contributed by atoms with Crippen molar-refractivity contribution in [1.29, 1.82) is 0 Å². The Morgan fingerprint density at radius 2 is 2.29 bits per heavy atom. The quantitative estimate of drug-likeness (QED) is 0.835. The molecule has 0 radical (unpaired) electrons. The number of aliphatic carboxylic acids is 1. The van der Waals surface area contributed by atoms with E-state index in [2.05, 4.69) is 28.9 Å². The van der Waals surface area contributed by atoms with Crippen molar-refractivity contribution in [3.63, 3.8) is 0 Å². The van der Waals surface area contributed by atoms with Gasteiger partial charge < -0.3 is 5.11 Å². The highest BCUT2D eigenvalue weighted by Gasteiger charge is 2.03. The van der Waals surface area contributed by atoms with Gasteiger partial charge in [0.2, 0.25) is 0 Å². The first kappa shape index (κ1) is 11.7. The Hall–Kier alpha value is -0.350. The predicted molar refractivity (Wildman–Crippen MR) is 61.9 cm³/mol. The fourth-order valence-corrected chi connectivity index (χ4v) is 3.11. The summed E-state index contributed by atoms with van der Waals surface area (Å²) in [6.45, 7) is 2.10. The largest absolute Gasteiger partial charge is 0.481 e. The van der Waals surface area contributed by atoms with Gasteiger partial charge in [0.15, 0.2) is 0 Å². The molecule has 0 bridgehead atoms. The van der Waals surface area contributed by atoms with E-state index in [1.807, 2.05) is 0 Å². The maximum atomic E-state index is 10.3. The number of carboxylic acid groups (broad SMARTS) is 1. The van der Waals surface area contributed by atoms with Crippen molar-refractivity contribution in [3.8, 4) is 0 Å². The van der Waals surface area contributed by atoms with Crippen LogP contribution in [0.3, 0.4) is 0 Å². The first-order valence-electron chi connectivity index (χ1n) is 4.56. The normalized spacial score (nSPS) is 10.4. The Bertz CT molecular complexity index is 320. The van der Waals surface area contributed by atoms with E-state index in [0.29, 0.717) is 0 Å². The second kappa shape index (κ2) is 5.51. The molecule has 1 rings (SSSR count). The summed E-state index contributed by atoms with van der Waals surface area (Å²) in [5.74, 6) is -0.701. The van der Waals surface area contributed by atoms with Gasteiger partial charge in [0, 0.05) is 11.3 Å². The van der Waals surface area contributed by atoms with Crippen LogP contribution in [-0.2, 0) is 11.2 Å². The molecule has 0 aliphatic carbocycles. The molecule has 0 unspecified atom stereocenters. The van der Waals surface area contributed by atoms with Crippen LogP contribution < -0.4 is 0 Å². The molecular weight excluding hydrogens is 264 g/mol. The Morgan fingerprint density at radius 3 is 2.79 bits per heavy atom. The van der Waals surface area contributed by atoms with E-state index in [0.717, 1.165) is 23.0 Å². The summed E-state index contributed by atoms with van der Waals surface area (Å²) in [5.41, 5.74) is 1.34. The Kier molecular flexibility index (Phi) is 4.62. The van der Waals surface area contributed by atoms with Gasteiger partial charge in [0.25, 0.3) is 0 Å². The zero-order chi connectivity index (χ0) is 10.6. The van der Waals surface area contributed by atoms with E-state index in [-0.39, 0.29) is 6.42 Å². The van der Waals surface area contributed by atoms with Crippen molar-refractivity contribution in [2.75, 3.05) is 0 Å². The molecule has 0 atom stereocenters. The third-order valence-corrected chi connectivity index (χ3v) is 3.67. The second-order valence-electron chi connectivity index (χ2n) is 3.23. The molecule has 0 aromatic carbocycles. The topological polar surface area (TPSA) is 37.3 Å². The third-order valence-electron chi connectivity index (χ3n) is 2.08. The number of rotatable bonds is 5. The minimum atomic E-state index is -0.701. The van der Waals surface area contributed by atoms with Crippen molar-refractivity contribution in [1.82, 2.24) is 0 Å². The molecule has 0 aliphatic rings. The Balaban J connectivity index is 2.31. The van der Waals surface area contributed by atoms with Crippen LogP contribution >= 0.6 is 27.3 Å². The fourth-order valence-electron chi connectivity index (χ4n) is 1.32. The first-order chi connectivity index (χ1) is 6.59. The average molecular weight is 277 g/mol. The minimum absolute atomic E-state index is 0.282. The molecule has 2 nitrogen and oxygen atoms in total. The SMILES string of the molecule is Cc1sc(Br)cc1CCCCC(=O)O. The van der Waals surface area contributed by atoms with Gasteiger partial charge in [0.05, 0.1) is 3.79 Å². The van der Waals surface area contributed by atoms with Crippen LogP contribution in [0.25, 0.3) is 0 Å². The summed E-state index contributed by atoms with van der Waals surface area (Å²) in [5, 5.41) is 8.46. The lowest BCUT2D eigenvalue weighted by Gasteiger charge is -1.98. The average Bonchev–Trinajstić information content (AvgIpc) is 2.39. The Morgan fingerprint density at radius 1 is 1.57 bits per heavy atom. The zero-order valence-electron chi connectivity index (χ0n) is 8.05. The number of aryl methyl sites for hydroxylation is 2. The molecule has 0 aliphatic heterocycles. The lowest BCUT2D eigenvalue weighted by molar-refractivity contribution is -0.137. The standard InChI is InChI=1S/C10H13BrO2S/c1-7-8(6-9(11)14-7)4-2-3-5-10(12)13/h6H,2-5H2,1H3,(H,12,13). The first-order valence-corrected chi connectivity index (χ1v) is 6.17. The molecule has 1 heterocycles. The van der Waals surface area contributed by atoms with Gasteiger partial charge in [0.1, 0.15) is 0 Å². The van der Waals surface area contributed by atoms with Crippen LogP contribution in [0.5, 0.6) is 0 Å². The maximum Gasteiger partial charge on any atom is 0.303 e. The molecule has 0 saturated heterocycles. The van der Waals surface area contributed by atoms with Gasteiger partial charge in [-0.3, -0.25) is 4.79 Å². The molecule has 0 amide bonds. The number of halogens is 1. The summed E-state index contributed by atoms with van der Waals surface area (Å²) in [4.78, 5) is 11.6. The maximum absolute atomic E-state index is 10.3. The van der Waals surface area contributed by atoms with Crippen LogP contribution in [0.1, 0.15) is 29.7 Å². The molecule has 1 aromatic heterocycles. The van der Waals surface area contributed by atoms with Crippen LogP contribution in [0.2, 0.25) is 0 Å². The molecule has 4 heteroatoms. The number of carbonyl (C=O) groups is 1. The fraction of sp³-hybridized carbons (Fsp3) is 0.500. The van der Waals surface area contributed by atoms with E-state index in [4.69, 9.17) is 5.11 Å². The van der Waals surface area contributed by atoms with Crippen molar-refractivity contribution < 1.29 is 9.90 Å². The van der Waals surface area contributed by atoms with Crippen molar-refractivity contribution in [3.05, 3.63) is 20.3 Å². The summed E-state index contributed by atoms with van der Waals surface area (Å²) >= 11 is 5.17. The number of carboxylic acids is 1.